The van der Waals surface area contributed by atoms with Crippen LogP contribution in [0.25, 0.3) is 0 Å². The van der Waals surface area contributed by atoms with Crippen molar-refractivity contribution in [2.24, 2.45) is 0 Å². The predicted molar refractivity (Wildman–Crippen MR) is 82.5 cm³/mol. The standard InChI is InChI=1S/C17H31NO/c1-3-4-5-6-7-8-9-10-11-12-13-14-17-15-18-16(2)19-17/h15,18H,2-14H2,1H3. The lowest BCUT2D eigenvalue weighted by atomic mass is 10.1. The molecule has 0 aromatic carbocycles. The first-order valence-corrected chi connectivity index (χ1v) is 8.15. The van der Waals surface area contributed by atoms with E-state index in [1.54, 1.807) is 0 Å². The van der Waals surface area contributed by atoms with E-state index >= 15 is 0 Å². The van der Waals surface area contributed by atoms with Gasteiger partial charge in [-0.25, -0.2) is 0 Å². The molecule has 0 fully saturated rings. The topological polar surface area (TPSA) is 21.3 Å². The number of hydrogen-bond acceptors (Lipinski definition) is 2. The summed E-state index contributed by atoms with van der Waals surface area (Å²) in [6.45, 7) is 6.00. The van der Waals surface area contributed by atoms with Gasteiger partial charge < -0.3 is 10.1 Å². The third-order valence-electron chi connectivity index (χ3n) is 3.68. The Kier molecular flexibility index (Phi) is 9.30. The van der Waals surface area contributed by atoms with Gasteiger partial charge in [0.15, 0.2) is 5.88 Å². The van der Waals surface area contributed by atoms with Crippen LogP contribution in [-0.2, 0) is 4.74 Å². The van der Waals surface area contributed by atoms with Crippen molar-refractivity contribution >= 4 is 0 Å². The number of nitrogens with one attached hydrogen (secondary N) is 1. The van der Waals surface area contributed by atoms with Gasteiger partial charge in [-0.1, -0.05) is 71.1 Å². The van der Waals surface area contributed by atoms with Crippen molar-refractivity contribution in [3.8, 4) is 0 Å². The zero-order chi connectivity index (χ0) is 13.8. The fourth-order valence-corrected chi connectivity index (χ4v) is 2.46. The molecule has 0 bridgehead atoms. The molecular formula is C17H31NO. The first-order valence-electron chi connectivity index (χ1n) is 8.15. The van der Waals surface area contributed by atoms with Gasteiger partial charge in [0.25, 0.3) is 0 Å². The summed E-state index contributed by atoms with van der Waals surface area (Å²) >= 11 is 0. The highest BCUT2D eigenvalue weighted by molar-refractivity contribution is 5.06. The maximum absolute atomic E-state index is 5.41. The van der Waals surface area contributed by atoms with E-state index in [1.807, 2.05) is 6.20 Å². The minimum atomic E-state index is 0.665. The maximum Gasteiger partial charge on any atom is 0.189 e. The van der Waals surface area contributed by atoms with Gasteiger partial charge in [-0.05, 0) is 13.0 Å². The highest BCUT2D eigenvalue weighted by atomic mass is 16.5. The molecule has 0 aromatic rings. The van der Waals surface area contributed by atoms with Gasteiger partial charge in [-0.3, -0.25) is 0 Å². The Morgan fingerprint density at radius 3 is 1.89 bits per heavy atom. The summed E-state index contributed by atoms with van der Waals surface area (Å²) in [5, 5.41) is 2.98. The molecule has 2 nitrogen and oxygen atoms in total. The summed E-state index contributed by atoms with van der Waals surface area (Å²) in [4.78, 5) is 0. The number of hydrogen-bond donors (Lipinski definition) is 1. The number of rotatable bonds is 12. The Morgan fingerprint density at radius 1 is 0.895 bits per heavy atom. The first-order chi connectivity index (χ1) is 9.33. The Morgan fingerprint density at radius 2 is 1.42 bits per heavy atom. The monoisotopic (exact) mass is 265 g/mol. The molecule has 2 heteroatoms. The van der Waals surface area contributed by atoms with Crippen LogP contribution >= 0.6 is 0 Å². The van der Waals surface area contributed by atoms with Crippen molar-refractivity contribution in [2.45, 2.75) is 84.0 Å². The van der Waals surface area contributed by atoms with Gasteiger partial charge >= 0.3 is 0 Å². The van der Waals surface area contributed by atoms with E-state index in [0.29, 0.717) is 5.88 Å². The molecule has 0 atom stereocenters. The molecule has 0 spiro atoms. The normalized spacial score (nSPS) is 14.2. The smallest absolute Gasteiger partial charge is 0.189 e. The van der Waals surface area contributed by atoms with Gasteiger partial charge in [-0.2, -0.15) is 0 Å². The lowest BCUT2D eigenvalue weighted by Crippen LogP contribution is -1.95. The lowest BCUT2D eigenvalue weighted by molar-refractivity contribution is 0.300. The van der Waals surface area contributed by atoms with E-state index in [2.05, 4.69) is 18.8 Å². The molecule has 1 rings (SSSR count). The van der Waals surface area contributed by atoms with E-state index < -0.39 is 0 Å². The van der Waals surface area contributed by atoms with E-state index in [9.17, 15) is 0 Å². The molecule has 1 aliphatic heterocycles. The van der Waals surface area contributed by atoms with Crippen molar-refractivity contribution in [1.29, 1.82) is 0 Å². The van der Waals surface area contributed by atoms with Crippen LogP contribution in [0.15, 0.2) is 24.4 Å². The second-order valence-corrected chi connectivity index (χ2v) is 5.57. The summed E-state index contributed by atoms with van der Waals surface area (Å²) in [5.41, 5.74) is 0. The highest BCUT2D eigenvalue weighted by Crippen LogP contribution is 2.18. The molecule has 0 unspecified atom stereocenters. The first kappa shape index (κ1) is 16.1. The minimum absolute atomic E-state index is 0.665. The molecule has 110 valence electrons. The zero-order valence-electron chi connectivity index (χ0n) is 12.7. The van der Waals surface area contributed by atoms with E-state index in [1.165, 1.54) is 70.6 Å². The lowest BCUT2D eigenvalue weighted by Gasteiger charge is -2.03. The second-order valence-electron chi connectivity index (χ2n) is 5.57. The Labute approximate surface area is 119 Å². The van der Waals surface area contributed by atoms with Gasteiger partial charge in [0.1, 0.15) is 5.76 Å². The van der Waals surface area contributed by atoms with E-state index in [-0.39, 0.29) is 0 Å². The second kappa shape index (κ2) is 11.0. The quantitative estimate of drug-likeness (QED) is 0.462. The Balaban J connectivity index is 1.75. The van der Waals surface area contributed by atoms with E-state index in [0.717, 1.165) is 12.2 Å². The van der Waals surface area contributed by atoms with Crippen LogP contribution in [0.3, 0.4) is 0 Å². The van der Waals surface area contributed by atoms with E-state index in [4.69, 9.17) is 4.74 Å². The van der Waals surface area contributed by atoms with Gasteiger partial charge in [0, 0.05) is 12.6 Å². The third-order valence-corrected chi connectivity index (χ3v) is 3.68. The number of allylic oxidation sites excluding steroid dienone is 1. The molecule has 1 N–H and O–H groups in total. The molecular weight excluding hydrogens is 234 g/mol. The van der Waals surface area contributed by atoms with Crippen molar-refractivity contribution in [1.82, 2.24) is 5.32 Å². The van der Waals surface area contributed by atoms with Crippen molar-refractivity contribution < 1.29 is 4.74 Å². The van der Waals surface area contributed by atoms with Crippen LogP contribution in [0.2, 0.25) is 0 Å². The summed E-state index contributed by atoms with van der Waals surface area (Å²) in [5.74, 6) is 1.71. The fraction of sp³-hybridized carbons (Fsp3) is 0.765. The van der Waals surface area contributed by atoms with Crippen molar-refractivity contribution in [3.63, 3.8) is 0 Å². The van der Waals surface area contributed by atoms with Crippen molar-refractivity contribution in [2.75, 3.05) is 0 Å². The van der Waals surface area contributed by atoms with Crippen LogP contribution in [0.1, 0.15) is 84.0 Å². The summed E-state index contributed by atoms with van der Waals surface area (Å²) in [6.07, 6.45) is 18.2. The number of ether oxygens (including phenoxy) is 1. The summed E-state index contributed by atoms with van der Waals surface area (Å²) in [7, 11) is 0. The number of unbranched alkanes of at least 4 members (excludes halogenated alkanes) is 10. The summed E-state index contributed by atoms with van der Waals surface area (Å²) in [6, 6.07) is 0. The largest absolute Gasteiger partial charge is 0.445 e. The minimum Gasteiger partial charge on any atom is -0.445 e. The van der Waals surface area contributed by atoms with Gasteiger partial charge in [0.2, 0.25) is 0 Å². The van der Waals surface area contributed by atoms with Crippen LogP contribution < -0.4 is 5.32 Å². The summed E-state index contributed by atoms with van der Waals surface area (Å²) < 4.78 is 5.41. The average Bonchev–Trinajstić information content (AvgIpc) is 2.82. The third kappa shape index (κ3) is 8.74. The average molecular weight is 265 g/mol. The molecule has 0 saturated heterocycles. The molecule has 0 saturated carbocycles. The van der Waals surface area contributed by atoms with Crippen LogP contribution in [0.5, 0.6) is 0 Å². The van der Waals surface area contributed by atoms with Crippen molar-refractivity contribution in [3.05, 3.63) is 24.4 Å². The van der Waals surface area contributed by atoms with Gasteiger partial charge in [0.05, 0.1) is 0 Å². The molecule has 0 aliphatic carbocycles. The molecule has 0 amide bonds. The molecule has 0 aromatic heterocycles. The SMILES string of the molecule is C=C1NC=C(CCCCCCCCCCCCC)O1. The Hall–Kier alpha value is -0.920. The molecule has 0 radical (unpaired) electrons. The molecule has 19 heavy (non-hydrogen) atoms. The maximum atomic E-state index is 5.41. The van der Waals surface area contributed by atoms with Crippen LogP contribution in [-0.4, -0.2) is 0 Å². The fourth-order valence-electron chi connectivity index (χ4n) is 2.46. The molecule has 1 aliphatic rings. The van der Waals surface area contributed by atoms with Crippen LogP contribution in [0, 0.1) is 0 Å². The predicted octanol–water partition coefficient (Wildman–Crippen LogP) is 5.62. The van der Waals surface area contributed by atoms with Crippen LogP contribution in [0.4, 0.5) is 0 Å². The molecule has 1 heterocycles. The zero-order valence-corrected chi connectivity index (χ0v) is 12.7. The van der Waals surface area contributed by atoms with Gasteiger partial charge in [-0.15, -0.1) is 0 Å². The Bertz CT molecular complexity index is 270. The highest BCUT2D eigenvalue weighted by Gasteiger charge is 2.07.